The molecule has 0 aliphatic carbocycles. The van der Waals surface area contributed by atoms with E-state index >= 15 is 0 Å². The molecule has 0 aromatic carbocycles. The van der Waals surface area contributed by atoms with Crippen molar-refractivity contribution in [1.82, 2.24) is 5.32 Å². The molecule has 2 N–H and O–H groups in total. The summed E-state index contributed by atoms with van der Waals surface area (Å²) >= 11 is 0. The second-order valence-electron chi connectivity index (χ2n) is 3.99. The van der Waals surface area contributed by atoms with Gasteiger partial charge in [-0.25, -0.2) is 0 Å². The lowest BCUT2D eigenvalue weighted by Crippen LogP contribution is -2.28. The molecule has 15 heavy (non-hydrogen) atoms. The largest absolute Gasteiger partial charge is 0.314 e. The molecule has 4 nitrogen and oxygen atoms in total. The Morgan fingerprint density at radius 1 is 1.27 bits per heavy atom. The van der Waals surface area contributed by atoms with Crippen LogP contribution in [0, 0.1) is 0 Å². The maximum atomic E-state index is 10.4. The first-order chi connectivity index (χ1) is 6.95. The van der Waals surface area contributed by atoms with Crippen LogP contribution in [-0.2, 0) is 10.1 Å². The van der Waals surface area contributed by atoms with E-state index in [-0.39, 0.29) is 5.75 Å². The van der Waals surface area contributed by atoms with Gasteiger partial charge in [0.15, 0.2) is 0 Å². The molecule has 0 heterocycles. The number of hydrogen-bond donors (Lipinski definition) is 2. The minimum absolute atomic E-state index is 0.151. The highest BCUT2D eigenvalue weighted by atomic mass is 32.2. The minimum Gasteiger partial charge on any atom is -0.314 e. The summed E-state index contributed by atoms with van der Waals surface area (Å²) in [4.78, 5) is 0. The third kappa shape index (κ3) is 11.8. The van der Waals surface area contributed by atoms with E-state index in [0.717, 1.165) is 6.42 Å². The van der Waals surface area contributed by atoms with Crippen LogP contribution in [0.2, 0.25) is 0 Å². The topological polar surface area (TPSA) is 66.4 Å². The van der Waals surface area contributed by atoms with E-state index in [1.807, 2.05) is 0 Å². The molecule has 1 unspecified atom stereocenters. The first-order valence-corrected chi connectivity index (χ1v) is 7.25. The van der Waals surface area contributed by atoms with Crippen LogP contribution in [0.1, 0.15) is 46.0 Å². The molecule has 0 aromatic heterocycles. The maximum Gasteiger partial charge on any atom is 0.264 e. The van der Waals surface area contributed by atoms with Gasteiger partial charge in [-0.3, -0.25) is 4.55 Å². The predicted octanol–water partition coefficient (Wildman–Crippen LogP) is 1.82. The van der Waals surface area contributed by atoms with Gasteiger partial charge in [-0.05, 0) is 26.3 Å². The molecular weight excluding hydrogens is 214 g/mol. The van der Waals surface area contributed by atoms with Crippen molar-refractivity contribution in [1.29, 1.82) is 0 Å². The SMILES string of the molecule is CCCCCC(C)NCCCS(=O)(=O)O. The summed E-state index contributed by atoms with van der Waals surface area (Å²) in [6.07, 6.45) is 5.27. The average molecular weight is 237 g/mol. The zero-order valence-corrected chi connectivity index (χ0v) is 10.5. The molecule has 0 fully saturated rings. The van der Waals surface area contributed by atoms with Gasteiger partial charge >= 0.3 is 0 Å². The summed E-state index contributed by atoms with van der Waals surface area (Å²) in [7, 11) is -3.78. The van der Waals surface area contributed by atoms with Gasteiger partial charge in [-0.15, -0.1) is 0 Å². The molecule has 0 saturated carbocycles. The predicted molar refractivity (Wildman–Crippen MR) is 62.6 cm³/mol. The Labute approximate surface area is 93.2 Å². The van der Waals surface area contributed by atoms with Crippen LogP contribution in [0.3, 0.4) is 0 Å². The Morgan fingerprint density at radius 2 is 1.93 bits per heavy atom. The van der Waals surface area contributed by atoms with Gasteiger partial charge < -0.3 is 5.32 Å². The highest BCUT2D eigenvalue weighted by Gasteiger charge is 2.04. The molecule has 0 aliphatic heterocycles. The zero-order chi connectivity index (χ0) is 11.7. The normalized spacial score (nSPS) is 14.1. The molecular formula is C10H23NO3S. The summed E-state index contributed by atoms with van der Waals surface area (Å²) < 4.78 is 29.3. The minimum atomic E-state index is -3.78. The van der Waals surface area contributed by atoms with Crippen molar-refractivity contribution < 1.29 is 13.0 Å². The van der Waals surface area contributed by atoms with E-state index in [2.05, 4.69) is 19.2 Å². The molecule has 0 spiro atoms. The van der Waals surface area contributed by atoms with E-state index in [1.165, 1.54) is 19.3 Å². The highest BCUT2D eigenvalue weighted by Crippen LogP contribution is 2.02. The molecule has 0 bridgehead atoms. The van der Waals surface area contributed by atoms with Gasteiger partial charge in [-0.2, -0.15) is 8.42 Å². The Balaban J connectivity index is 3.35. The average Bonchev–Trinajstić information content (AvgIpc) is 2.11. The fourth-order valence-corrected chi connectivity index (χ4v) is 1.91. The molecule has 0 radical (unpaired) electrons. The smallest absolute Gasteiger partial charge is 0.264 e. The number of nitrogens with one attached hydrogen (secondary N) is 1. The van der Waals surface area contributed by atoms with Gasteiger partial charge in [0.05, 0.1) is 5.75 Å². The van der Waals surface area contributed by atoms with Crippen LogP contribution in [0.5, 0.6) is 0 Å². The van der Waals surface area contributed by atoms with Crippen molar-refractivity contribution in [2.75, 3.05) is 12.3 Å². The number of hydrogen-bond acceptors (Lipinski definition) is 3. The van der Waals surface area contributed by atoms with Crippen molar-refractivity contribution in [3.05, 3.63) is 0 Å². The second-order valence-corrected chi connectivity index (χ2v) is 5.56. The first-order valence-electron chi connectivity index (χ1n) is 5.64. The third-order valence-corrected chi connectivity index (χ3v) is 3.12. The zero-order valence-electron chi connectivity index (χ0n) is 9.70. The molecule has 1 atom stereocenters. The maximum absolute atomic E-state index is 10.4. The van der Waals surface area contributed by atoms with E-state index in [1.54, 1.807) is 0 Å². The number of rotatable bonds is 9. The summed E-state index contributed by atoms with van der Waals surface area (Å²) in [6, 6.07) is 0.429. The van der Waals surface area contributed by atoms with Crippen molar-refractivity contribution in [2.24, 2.45) is 0 Å². The van der Waals surface area contributed by atoms with Crippen molar-refractivity contribution >= 4 is 10.1 Å². The monoisotopic (exact) mass is 237 g/mol. The lowest BCUT2D eigenvalue weighted by molar-refractivity contribution is 0.468. The Hall–Kier alpha value is -0.130. The fraction of sp³-hybridized carbons (Fsp3) is 1.00. The van der Waals surface area contributed by atoms with Crippen LogP contribution < -0.4 is 5.32 Å². The summed E-state index contributed by atoms with van der Waals surface area (Å²) in [5.41, 5.74) is 0. The second kappa shape index (κ2) is 8.07. The molecule has 0 saturated heterocycles. The summed E-state index contributed by atoms with van der Waals surface area (Å²) in [6.45, 7) is 4.92. The van der Waals surface area contributed by atoms with E-state index in [0.29, 0.717) is 19.0 Å². The van der Waals surface area contributed by atoms with Gasteiger partial charge in [-0.1, -0.05) is 26.2 Å². The Kier molecular flexibility index (Phi) is 8.00. The molecule has 0 rings (SSSR count). The fourth-order valence-electron chi connectivity index (χ4n) is 1.41. The quantitative estimate of drug-likeness (QED) is 0.474. The molecule has 0 aliphatic rings. The van der Waals surface area contributed by atoms with Gasteiger partial charge in [0.25, 0.3) is 10.1 Å². The van der Waals surface area contributed by atoms with Crippen LogP contribution in [0.15, 0.2) is 0 Å². The Bertz CT molecular complexity index is 239. The lowest BCUT2D eigenvalue weighted by Gasteiger charge is -2.12. The van der Waals surface area contributed by atoms with Gasteiger partial charge in [0.1, 0.15) is 0 Å². The van der Waals surface area contributed by atoms with Crippen molar-refractivity contribution in [2.45, 2.75) is 52.0 Å². The van der Waals surface area contributed by atoms with Gasteiger partial charge in [0, 0.05) is 6.04 Å². The third-order valence-electron chi connectivity index (χ3n) is 2.31. The highest BCUT2D eigenvalue weighted by molar-refractivity contribution is 7.85. The standard InChI is InChI=1S/C10H23NO3S/c1-3-4-5-7-10(2)11-8-6-9-15(12,13)14/h10-11H,3-9H2,1-2H3,(H,12,13,14). The van der Waals surface area contributed by atoms with E-state index < -0.39 is 10.1 Å². The summed E-state index contributed by atoms with van der Waals surface area (Å²) in [5, 5.41) is 3.24. The van der Waals surface area contributed by atoms with E-state index in [4.69, 9.17) is 4.55 Å². The summed E-state index contributed by atoms with van der Waals surface area (Å²) in [5.74, 6) is -0.151. The van der Waals surface area contributed by atoms with Crippen LogP contribution in [0.25, 0.3) is 0 Å². The first kappa shape index (κ1) is 14.9. The van der Waals surface area contributed by atoms with Crippen LogP contribution >= 0.6 is 0 Å². The van der Waals surface area contributed by atoms with E-state index in [9.17, 15) is 8.42 Å². The molecule has 5 heteroatoms. The Morgan fingerprint density at radius 3 is 2.47 bits per heavy atom. The van der Waals surface area contributed by atoms with Crippen LogP contribution in [0.4, 0.5) is 0 Å². The van der Waals surface area contributed by atoms with Crippen LogP contribution in [-0.4, -0.2) is 31.3 Å². The lowest BCUT2D eigenvalue weighted by atomic mass is 10.1. The molecule has 0 aromatic rings. The molecule has 92 valence electrons. The van der Waals surface area contributed by atoms with Crippen molar-refractivity contribution in [3.63, 3.8) is 0 Å². The molecule has 0 amide bonds. The van der Waals surface area contributed by atoms with Crippen molar-refractivity contribution in [3.8, 4) is 0 Å². The van der Waals surface area contributed by atoms with Gasteiger partial charge in [0.2, 0.25) is 0 Å². The number of unbranched alkanes of at least 4 members (excludes halogenated alkanes) is 2.